The Bertz CT molecular complexity index is 932. The Morgan fingerprint density at radius 1 is 0.769 bits per heavy atom. The second-order valence-electron chi connectivity index (χ2n) is 6.33. The van der Waals surface area contributed by atoms with Crippen molar-refractivity contribution < 1.29 is 9.59 Å². The standard InChI is InChI=1S/C23H21NO2/c1-17-10-6-7-13-19(17)16-24(2)23(26)21-15-9-8-14-20(21)22(25)18-11-4-3-5-12-18/h3-15H,16H2,1-2H3. The molecule has 0 bridgehead atoms. The fraction of sp³-hybridized carbons (Fsp3) is 0.130. The second-order valence-corrected chi connectivity index (χ2v) is 6.33. The lowest BCUT2D eigenvalue weighted by Crippen LogP contribution is -2.28. The third-order valence-electron chi connectivity index (χ3n) is 4.45. The number of rotatable bonds is 5. The lowest BCUT2D eigenvalue weighted by atomic mass is 9.97. The first-order chi connectivity index (χ1) is 12.6. The number of aryl methyl sites for hydroxylation is 1. The van der Waals surface area contributed by atoms with Crippen molar-refractivity contribution in [3.05, 3.63) is 107 Å². The predicted molar refractivity (Wildman–Crippen MR) is 103 cm³/mol. The molecule has 0 radical (unpaired) electrons. The fourth-order valence-corrected chi connectivity index (χ4v) is 2.93. The lowest BCUT2D eigenvalue weighted by molar-refractivity contribution is 0.0780. The van der Waals surface area contributed by atoms with Gasteiger partial charge < -0.3 is 4.90 Å². The van der Waals surface area contributed by atoms with Crippen LogP contribution in [0.5, 0.6) is 0 Å². The lowest BCUT2D eigenvalue weighted by Gasteiger charge is -2.20. The average molecular weight is 343 g/mol. The van der Waals surface area contributed by atoms with Gasteiger partial charge in [-0.15, -0.1) is 0 Å². The summed E-state index contributed by atoms with van der Waals surface area (Å²) < 4.78 is 0. The van der Waals surface area contributed by atoms with Crippen molar-refractivity contribution in [3.8, 4) is 0 Å². The molecular weight excluding hydrogens is 322 g/mol. The molecule has 3 rings (SSSR count). The van der Waals surface area contributed by atoms with Crippen molar-refractivity contribution in [1.82, 2.24) is 4.90 Å². The van der Waals surface area contributed by atoms with Gasteiger partial charge in [0, 0.05) is 24.7 Å². The van der Waals surface area contributed by atoms with Crippen molar-refractivity contribution in [3.63, 3.8) is 0 Å². The van der Waals surface area contributed by atoms with Gasteiger partial charge >= 0.3 is 0 Å². The van der Waals surface area contributed by atoms with E-state index in [1.54, 1.807) is 48.3 Å². The van der Waals surface area contributed by atoms with Gasteiger partial charge in [0.25, 0.3) is 5.91 Å². The first-order valence-electron chi connectivity index (χ1n) is 8.56. The van der Waals surface area contributed by atoms with E-state index in [-0.39, 0.29) is 11.7 Å². The number of hydrogen-bond donors (Lipinski definition) is 0. The van der Waals surface area contributed by atoms with Crippen LogP contribution in [0.2, 0.25) is 0 Å². The van der Waals surface area contributed by atoms with Crippen molar-refractivity contribution >= 4 is 11.7 Å². The minimum atomic E-state index is -0.159. The summed E-state index contributed by atoms with van der Waals surface area (Å²) >= 11 is 0. The molecule has 0 aliphatic heterocycles. The zero-order valence-corrected chi connectivity index (χ0v) is 15.0. The molecule has 1 amide bonds. The molecule has 130 valence electrons. The first kappa shape index (κ1) is 17.6. The molecule has 0 atom stereocenters. The molecule has 0 aliphatic rings. The fourth-order valence-electron chi connectivity index (χ4n) is 2.93. The molecule has 0 N–H and O–H groups in total. The van der Waals surface area contributed by atoms with Gasteiger partial charge in [-0.1, -0.05) is 72.8 Å². The normalized spacial score (nSPS) is 10.4. The SMILES string of the molecule is Cc1ccccc1CN(C)C(=O)c1ccccc1C(=O)c1ccccc1. The first-order valence-corrected chi connectivity index (χ1v) is 8.56. The molecule has 0 aromatic heterocycles. The number of ketones is 1. The highest BCUT2D eigenvalue weighted by Crippen LogP contribution is 2.18. The summed E-state index contributed by atoms with van der Waals surface area (Å²) in [6, 6.07) is 24.0. The highest BCUT2D eigenvalue weighted by Gasteiger charge is 2.20. The van der Waals surface area contributed by atoms with Gasteiger partial charge in [-0.3, -0.25) is 9.59 Å². The van der Waals surface area contributed by atoms with Gasteiger partial charge in [-0.25, -0.2) is 0 Å². The van der Waals surface area contributed by atoms with Crippen LogP contribution in [0.3, 0.4) is 0 Å². The summed E-state index contributed by atoms with van der Waals surface area (Å²) in [7, 11) is 1.76. The van der Waals surface area contributed by atoms with E-state index in [1.165, 1.54) is 0 Å². The Kier molecular flexibility index (Phi) is 5.28. The van der Waals surface area contributed by atoms with Crippen LogP contribution in [0.1, 0.15) is 37.4 Å². The van der Waals surface area contributed by atoms with Crippen molar-refractivity contribution in [2.24, 2.45) is 0 Å². The largest absolute Gasteiger partial charge is 0.337 e. The van der Waals surface area contributed by atoms with Crippen LogP contribution in [0.25, 0.3) is 0 Å². The molecule has 0 aliphatic carbocycles. The quantitative estimate of drug-likeness (QED) is 0.640. The number of nitrogens with zero attached hydrogens (tertiary/aromatic N) is 1. The van der Waals surface area contributed by atoms with Crippen LogP contribution in [-0.2, 0) is 6.54 Å². The highest BCUT2D eigenvalue weighted by atomic mass is 16.2. The van der Waals surface area contributed by atoms with Crippen molar-refractivity contribution in [2.45, 2.75) is 13.5 Å². The topological polar surface area (TPSA) is 37.4 Å². The maximum absolute atomic E-state index is 13.0. The van der Waals surface area contributed by atoms with Crippen LogP contribution in [0.4, 0.5) is 0 Å². The minimum Gasteiger partial charge on any atom is -0.337 e. The maximum Gasteiger partial charge on any atom is 0.254 e. The van der Waals surface area contributed by atoms with E-state index in [1.807, 2.05) is 49.4 Å². The van der Waals surface area contributed by atoms with E-state index in [0.29, 0.717) is 23.2 Å². The molecule has 0 fully saturated rings. The minimum absolute atomic E-state index is 0.140. The molecule has 3 aromatic rings. The summed E-state index contributed by atoms with van der Waals surface area (Å²) in [5.41, 5.74) is 3.67. The van der Waals surface area contributed by atoms with Gasteiger partial charge in [0.2, 0.25) is 0 Å². The number of carbonyl (C=O) groups is 2. The van der Waals surface area contributed by atoms with E-state index in [9.17, 15) is 9.59 Å². The molecule has 26 heavy (non-hydrogen) atoms. The summed E-state index contributed by atoms with van der Waals surface area (Å²) in [6.45, 7) is 2.53. The number of amides is 1. The molecule has 0 saturated heterocycles. The van der Waals surface area contributed by atoms with E-state index in [4.69, 9.17) is 0 Å². The Morgan fingerprint density at radius 3 is 2.04 bits per heavy atom. The molecule has 0 saturated carbocycles. The molecular formula is C23H21NO2. The average Bonchev–Trinajstić information content (AvgIpc) is 2.69. The number of benzene rings is 3. The van der Waals surface area contributed by atoms with Gasteiger partial charge in [0.15, 0.2) is 5.78 Å². The van der Waals surface area contributed by atoms with Gasteiger partial charge in [-0.05, 0) is 24.1 Å². The zero-order valence-electron chi connectivity index (χ0n) is 15.0. The van der Waals surface area contributed by atoms with Crippen LogP contribution in [0, 0.1) is 6.92 Å². The van der Waals surface area contributed by atoms with E-state index in [0.717, 1.165) is 11.1 Å². The summed E-state index contributed by atoms with van der Waals surface area (Å²) in [5.74, 6) is -0.299. The van der Waals surface area contributed by atoms with Crippen LogP contribution >= 0.6 is 0 Å². The van der Waals surface area contributed by atoms with E-state index >= 15 is 0 Å². The predicted octanol–water partition coefficient (Wildman–Crippen LogP) is 4.50. The van der Waals surface area contributed by atoms with Gasteiger partial charge in [0.05, 0.1) is 5.56 Å². The van der Waals surface area contributed by atoms with Gasteiger partial charge in [0.1, 0.15) is 0 Å². The molecule has 0 heterocycles. The third kappa shape index (κ3) is 3.72. The van der Waals surface area contributed by atoms with E-state index < -0.39 is 0 Å². The van der Waals surface area contributed by atoms with Gasteiger partial charge in [-0.2, -0.15) is 0 Å². The molecule has 3 aromatic carbocycles. The smallest absolute Gasteiger partial charge is 0.254 e. The Labute approximate surface area is 153 Å². The van der Waals surface area contributed by atoms with Crippen LogP contribution < -0.4 is 0 Å². The summed E-state index contributed by atoms with van der Waals surface area (Å²) in [6.07, 6.45) is 0. The molecule has 0 spiro atoms. The van der Waals surface area contributed by atoms with Crippen LogP contribution in [-0.4, -0.2) is 23.6 Å². The van der Waals surface area contributed by atoms with E-state index in [2.05, 4.69) is 0 Å². The number of carbonyl (C=O) groups excluding carboxylic acids is 2. The molecule has 0 unspecified atom stereocenters. The monoisotopic (exact) mass is 343 g/mol. The van der Waals surface area contributed by atoms with Crippen LogP contribution in [0.15, 0.2) is 78.9 Å². The molecule has 3 nitrogen and oxygen atoms in total. The highest BCUT2D eigenvalue weighted by molar-refractivity contribution is 6.15. The zero-order chi connectivity index (χ0) is 18.5. The second kappa shape index (κ2) is 7.79. The number of hydrogen-bond acceptors (Lipinski definition) is 2. The Morgan fingerprint density at radius 2 is 1.35 bits per heavy atom. The Hall–Kier alpha value is -3.20. The third-order valence-corrected chi connectivity index (χ3v) is 4.45. The van der Waals surface area contributed by atoms with Crippen molar-refractivity contribution in [2.75, 3.05) is 7.05 Å². The van der Waals surface area contributed by atoms with Crippen molar-refractivity contribution in [1.29, 1.82) is 0 Å². The summed E-state index contributed by atoms with van der Waals surface area (Å²) in [4.78, 5) is 27.5. The maximum atomic E-state index is 13.0. The summed E-state index contributed by atoms with van der Waals surface area (Å²) in [5, 5.41) is 0. The Balaban J connectivity index is 1.88. The molecule has 3 heteroatoms.